The molecule has 1 N–H and O–H groups in total. The van der Waals surface area contributed by atoms with Gasteiger partial charge in [0.25, 0.3) is 0 Å². The molecule has 0 radical (unpaired) electrons. The van der Waals surface area contributed by atoms with E-state index in [4.69, 9.17) is 4.74 Å². The predicted molar refractivity (Wildman–Crippen MR) is 88.8 cm³/mol. The minimum absolute atomic E-state index is 0.380. The van der Waals surface area contributed by atoms with E-state index in [0.29, 0.717) is 6.10 Å². The van der Waals surface area contributed by atoms with Crippen LogP contribution in [-0.2, 0) is 6.54 Å². The number of fused-ring (bicyclic) bond motifs is 1. The monoisotopic (exact) mass is 283 g/mol. The van der Waals surface area contributed by atoms with Gasteiger partial charge in [0.05, 0.1) is 6.10 Å². The lowest BCUT2D eigenvalue weighted by Crippen LogP contribution is -2.24. The smallest absolute Gasteiger partial charge is 0.124 e. The van der Waals surface area contributed by atoms with Crippen LogP contribution < -0.4 is 10.1 Å². The van der Waals surface area contributed by atoms with Crippen molar-refractivity contribution in [3.63, 3.8) is 0 Å². The van der Waals surface area contributed by atoms with E-state index in [2.05, 4.69) is 48.6 Å². The number of benzene rings is 2. The summed E-state index contributed by atoms with van der Waals surface area (Å²) in [5.41, 5.74) is 1.29. The predicted octanol–water partition coefficient (Wildman–Crippen LogP) is 4.52. The van der Waals surface area contributed by atoms with Gasteiger partial charge in [-0.1, -0.05) is 43.7 Å². The molecule has 0 bridgehead atoms. The van der Waals surface area contributed by atoms with Gasteiger partial charge in [-0.2, -0.15) is 0 Å². The van der Waals surface area contributed by atoms with Crippen molar-refractivity contribution < 1.29 is 4.74 Å². The van der Waals surface area contributed by atoms with Crippen LogP contribution in [0.1, 0.15) is 38.2 Å². The van der Waals surface area contributed by atoms with Crippen molar-refractivity contribution in [3.05, 3.63) is 42.0 Å². The molecular formula is C19H25NO. The van der Waals surface area contributed by atoms with Gasteiger partial charge in [0.15, 0.2) is 0 Å². The molecule has 2 heteroatoms. The number of nitrogens with one attached hydrogen (secondary N) is 1. The van der Waals surface area contributed by atoms with Crippen LogP contribution in [0.25, 0.3) is 10.8 Å². The van der Waals surface area contributed by atoms with Crippen molar-refractivity contribution in [2.75, 3.05) is 7.05 Å². The van der Waals surface area contributed by atoms with E-state index >= 15 is 0 Å². The Morgan fingerprint density at radius 1 is 1.14 bits per heavy atom. The zero-order chi connectivity index (χ0) is 14.7. The van der Waals surface area contributed by atoms with Crippen molar-refractivity contribution in [2.45, 2.75) is 45.3 Å². The molecule has 2 nitrogen and oxygen atoms in total. The van der Waals surface area contributed by atoms with Crippen LogP contribution in [0, 0.1) is 5.92 Å². The van der Waals surface area contributed by atoms with E-state index in [1.807, 2.05) is 7.05 Å². The molecule has 0 saturated heterocycles. The molecule has 2 atom stereocenters. The van der Waals surface area contributed by atoms with Crippen LogP contribution in [0.5, 0.6) is 5.75 Å². The Bertz CT molecular complexity index is 608. The maximum absolute atomic E-state index is 6.38. The van der Waals surface area contributed by atoms with Crippen molar-refractivity contribution >= 4 is 10.8 Å². The van der Waals surface area contributed by atoms with Gasteiger partial charge in [-0.15, -0.1) is 0 Å². The molecule has 0 aromatic heterocycles. The molecule has 1 aliphatic carbocycles. The second-order valence-electron chi connectivity index (χ2n) is 6.31. The van der Waals surface area contributed by atoms with Gasteiger partial charge in [-0.05, 0) is 49.1 Å². The Hall–Kier alpha value is -1.54. The third-order valence-electron chi connectivity index (χ3n) is 4.53. The molecule has 0 spiro atoms. The van der Waals surface area contributed by atoms with Gasteiger partial charge in [-0.25, -0.2) is 0 Å². The number of ether oxygens (including phenoxy) is 1. The third kappa shape index (κ3) is 3.21. The molecule has 21 heavy (non-hydrogen) atoms. The van der Waals surface area contributed by atoms with Gasteiger partial charge < -0.3 is 10.1 Å². The summed E-state index contributed by atoms with van der Waals surface area (Å²) in [6.07, 6.45) is 5.40. The third-order valence-corrected chi connectivity index (χ3v) is 4.53. The topological polar surface area (TPSA) is 21.3 Å². The number of hydrogen-bond acceptors (Lipinski definition) is 2. The molecule has 0 amide bonds. The summed E-state index contributed by atoms with van der Waals surface area (Å²) in [7, 11) is 1.99. The highest BCUT2D eigenvalue weighted by atomic mass is 16.5. The summed E-state index contributed by atoms with van der Waals surface area (Å²) in [4.78, 5) is 0. The van der Waals surface area contributed by atoms with Gasteiger partial charge in [0.2, 0.25) is 0 Å². The van der Waals surface area contributed by atoms with Crippen molar-refractivity contribution in [1.29, 1.82) is 0 Å². The largest absolute Gasteiger partial charge is 0.490 e. The first-order valence-corrected chi connectivity index (χ1v) is 8.10. The molecule has 3 rings (SSSR count). The van der Waals surface area contributed by atoms with Crippen LogP contribution in [0.4, 0.5) is 0 Å². The Morgan fingerprint density at radius 2 is 2.00 bits per heavy atom. The van der Waals surface area contributed by atoms with E-state index in [1.165, 1.54) is 42.0 Å². The van der Waals surface area contributed by atoms with Gasteiger partial charge in [-0.3, -0.25) is 0 Å². The molecule has 112 valence electrons. The molecule has 1 fully saturated rings. The first-order valence-electron chi connectivity index (χ1n) is 8.10. The van der Waals surface area contributed by atoms with E-state index in [-0.39, 0.29) is 0 Å². The minimum Gasteiger partial charge on any atom is -0.490 e. The lowest BCUT2D eigenvalue weighted by Gasteiger charge is -2.28. The molecule has 2 aromatic carbocycles. The van der Waals surface area contributed by atoms with E-state index < -0.39 is 0 Å². The molecule has 0 aliphatic heterocycles. The van der Waals surface area contributed by atoms with E-state index in [9.17, 15) is 0 Å². The standard InChI is InChI=1S/C19H25NO/c1-14-6-5-8-16(12-14)21-19-11-10-15-7-3-4-9-17(15)18(19)13-20-2/h3-4,7,9-11,14,16,20H,5-6,8,12-13H2,1-2H3. The fourth-order valence-corrected chi connectivity index (χ4v) is 3.45. The highest BCUT2D eigenvalue weighted by molar-refractivity contribution is 5.87. The molecule has 0 heterocycles. The van der Waals surface area contributed by atoms with Crippen LogP contribution in [0.3, 0.4) is 0 Å². The SMILES string of the molecule is CNCc1c(OC2CCCC(C)C2)ccc2ccccc12. The summed E-state index contributed by atoms with van der Waals surface area (Å²) in [5.74, 6) is 1.85. The molecule has 1 aliphatic rings. The molecular weight excluding hydrogens is 258 g/mol. The first-order chi connectivity index (χ1) is 10.3. The Labute approximate surface area is 127 Å². The Morgan fingerprint density at radius 3 is 2.81 bits per heavy atom. The van der Waals surface area contributed by atoms with Crippen LogP contribution in [0.2, 0.25) is 0 Å². The van der Waals surface area contributed by atoms with Gasteiger partial charge >= 0.3 is 0 Å². The maximum Gasteiger partial charge on any atom is 0.124 e. The fraction of sp³-hybridized carbons (Fsp3) is 0.474. The van der Waals surface area contributed by atoms with Crippen molar-refractivity contribution in [1.82, 2.24) is 5.32 Å². The van der Waals surface area contributed by atoms with Crippen molar-refractivity contribution in [2.24, 2.45) is 5.92 Å². The molecule has 2 aromatic rings. The van der Waals surface area contributed by atoms with Gasteiger partial charge in [0, 0.05) is 12.1 Å². The number of rotatable bonds is 4. The minimum atomic E-state index is 0.380. The summed E-state index contributed by atoms with van der Waals surface area (Å²) >= 11 is 0. The van der Waals surface area contributed by atoms with Crippen molar-refractivity contribution in [3.8, 4) is 5.75 Å². The van der Waals surface area contributed by atoms with E-state index in [1.54, 1.807) is 0 Å². The second-order valence-corrected chi connectivity index (χ2v) is 6.31. The van der Waals surface area contributed by atoms with Crippen LogP contribution in [0.15, 0.2) is 36.4 Å². The Kier molecular flexibility index (Phi) is 4.45. The average molecular weight is 283 g/mol. The Balaban J connectivity index is 1.91. The highest BCUT2D eigenvalue weighted by Gasteiger charge is 2.21. The van der Waals surface area contributed by atoms with Crippen LogP contribution in [-0.4, -0.2) is 13.2 Å². The molecule has 2 unspecified atom stereocenters. The normalized spacial score (nSPS) is 22.4. The summed E-state index contributed by atoms with van der Waals surface area (Å²) in [5, 5.41) is 5.87. The quantitative estimate of drug-likeness (QED) is 0.891. The summed E-state index contributed by atoms with van der Waals surface area (Å²) in [6, 6.07) is 12.9. The maximum atomic E-state index is 6.38. The van der Waals surface area contributed by atoms with E-state index in [0.717, 1.165) is 18.2 Å². The van der Waals surface area contributed by atoms with Gasteiger partial charge in [0.1, 0.15) is 5.75 Å². The summed E-state index contributed by atoms with van der Waals surface area (Å²) < 4.78 is 6.38. The first kappa shape index (κ1) is 14.4. The molecule has 1 saturated carbocycles. The fourth-order valence-electron chi connectivity index (χ4n) is 3.45. The number of hydrogen-bond donors (Lipinski definition) is 1. The lowest BCUT2D eigenvalue weighted by atomic mass is 9.88. The zero-order valence-corrected chi connectivity index (χ0v) is 13.1. The highest BCUT2D eigenvalue weighted by Crippen LogP contribution is 2.32. The lowest BCUT2D eigenvalue weighted by molar-refractivity contribution is 0.128. The zero-order valence-electron chi connectivity index (χ0n) is 13.1. The van der Waals surface area contributed by atoms with Crippen LogP contribution >= 0.6 is 0 Å². The summed E-state index contributed by atoms with van der Waals surface area (Å²) in [6.45, 7) is 3.18. The average Bonchev–Trinajstić information content (AvgIpc) is 2.50. The second kappa shape index (κ2) is 6.48.